The Morgan fingerprint density at radius 1 is 1.20 bits per heavy atom. The average molecular weight is 278 g/mol. The SMILES string of the molecule is C=CC(=O)N1C(C)(C)CC(NC(=O)C(=C)C)CC1(C)C. The van der Waals surface area contributed by atoms with Crippen LogP contribution in [0, 0.1) is 0 Å². The summed E-state index contributed by atoms with van der Waals surface area (Å²) >= 11 is 0. The molecule has 0 spiro atoms. The van der Waals surface area contributed by atoms with Gasteiger partial charge < -0.3 is 10.2 Å². The molecule has 0 aromatic rings. The average Bonchev–Trinajstić information content (AvgIpc) is 2.24. The lowest BCUT2D eigenvalue weighted by Crippen LogP contribution is -2.65. The minimum absolute atomic E-state index is 0.0399. The van der Waals surface area contributed by atoms with E-state index in [-0.39, 0.29) is 28.9 Å². The van der Waals surface area contributed by atoms with Gasteiger partial charge in [0.15, 0.2) is 0 Å². The number of likely N-dealkylation sites (tertiary alicyclic amines) is 1. The third-order valence-electron chi connectivity index (χ3n) is 3.82. The molecule has 1 fully saturated rings. The van der Waals surface area contributed by atoms with Crippen LogP contribution in [0.4, 0.5) is 0 Å². The first kappa shape index (κ1) is 16.5. The molecule has 112 valence electrons. The van der Waals surface area contributed by atoms with E-state index >= 15 is 0 Å². The number of carbonyl (C=O) groups is 2. The number of carbonyl (C=O) groups excluding carboxylic acids is 2. The van der Waals surface area contributed by atoms with Gasteiger partial charge in [-0.3, -0.25) is 9.59 Å². The summed E-state index contributed by atoms with van der Waals surface area (Å²) in [7, 11) is 0. The predicted octanol–water partition coefficient (Wildman–Crippen LogP) is 2.41. The van der Waals surface area contributed by atoms with Crippen LogP contribution < -0.4 is 5.32 Å². The molecule has 20 heavy (non-hydrogen) atoms. The van der Waals surface area contributed by atoms with Crippen LogP contribution in [0.1, 0.15) is 47.5 Å². The van der Waals surface area contributed by atoms with E-state index in [2.05, 4.69) is 18.5 Å². The van der Waals surface area contributed by atoms with E-state index in [9.17, 15) is 9.59 Å². The Bertz CT molecular complexity index is 431. The van der Waals surface area contributed by atoms with Crippen molar-refractivity contribution in [1.82, 2.24) is 10.2 Å². The molecule has 4 nitrogen and oxygen atoms in total. The molecule has 1 rings (SSSR count). The van der Waals surface area contributed by atoms with Crippen molar-refractivity contribution in [1.29, 1.82) is 0 Å². The molecular formula is C16H26N2O2. The van der Waals surface area contributed by atoms with E-state index in [4.69, 9.17) is 0 Å². The summed E-state index contributed by atoms with van der Waals surface area (Å²) in [6.07, 6.45) is 2.79. The smallest absolute Gasteiger partial charge is 0.246 e. The number of nitrogens with one attached hydrogen (secondary N) is 1. The topological polar surface area (TPSA) is 49.4 Å². The first-order chi connectivity index (χ1) is 9.01. The monoisotopic (exact) mass is 278 g/mol. The molecule has 1 aliphatic heterocycles. The van der Waals surface area contributed by atoms with Gasteiger partial charge in [-0.1, -0.05) is 13.2 Å². The van der Waals surface area contributed by atoms with Crippen molar-refractivity contribution in [3.8, 4) is 0 Å². The molecule has 0 aromatic heterocycles. The second-order valence-corrected chi connectivity index (χ2v) is 6.86. The largest absolute Gasteiger partial charge is 0.349 e. The maximum atomic E-state index is 12.1. The summed E-state index contributed by atoms with van der Waals surface area (Å²) < 4.78 is 0. The molecule has 1 heterocycles. The van der Waals surface area contributed by atoms with Crippen molar-refractivity contribution in [2.45, 2.75) is 64.6 Å². The summed E-state index contributed by atoms with van der Waals surface area (Å²) in [4.78, 5) is 25.8. The molecule has 0 atom stereocenters. The normalized spacial score (nSPS) is 21.1. The zero-order valence-electron chi connectivity index (χ0n) is 13.2. The third-order valence-corrected chi connectivity index (χ3v) is 3.82. The fourth-order valence-corrected chi connectivity index (χ4v) is 3.38. The van der Waals surface area contributed by atoms with Crippen molar-refractivity contribution in [3.63, 3.8) is 0 Å². The van der Waals surface area contributed by atoms with Gasteiger partial charge in [-0.05, 0) is 53.5 Å². The second kappa shape index (κ2) is 5.43. The van der Waals surface area contributed by atoms with Crippen molar-refractivity contribution in [2.75, 3.05) is 0 Å². The Balaban J connectivity index is 2.98. The van der Waals surface area contributed by atoms with Gasteiger partial charge in [-0.15, -0.1) is 0 Å². The van der Waals surface area contributed by atoms with Crippen molar-refractivity contribution < 1.29 is 9.59 Å². The molecule has 0 saturated carbocycles. The van der Waals surface area contributed by atoms with Crippen LogP contribution in [-0.4, -0.2) is 33.8 Å². The van der Waals surface area contributed by atoms with Crippen LogP contribution in [0.3, 0.4) is 0 Å². The van der Waals surface area contributed by atoms with Crippen molar-refractivity contribution in [2.24, 2.45) is 0 Å². The number of nitrogens with zero attached hydrogens (tertiary/aromatic N) is 1. The number of rotatable bonds is 3. The molecular weight excluding hydrogens is 252 g/mol. The van der Waals surface area contributed by atoms with Crippen LogP contribution in [-0.2, 0) is 9.59 Å². The van der Waals surface area contributed by atoms with Gasteiger partial charge in [0.05, 0.1) is 0 Å². The fourth-order valence-electron chi connectivity index (χ4n) is 3.38. The highest BCUT2D eigenvalue weighted by atomic mass is 16.2. The molecule has 0 radical (unpaired) electrons. The third kappa shape index (κ3) is 3.30. The highest BCUT2D eigenvalue weighted by molar-refractivity contribution is 5.92. The van der Waals surface area contributed by atoms with E-state index in [0.29, 0.717) is 5.57 Å². The molecule has 1 N–H and O–H groups in total. The molecule has 1 saturated heterocycles. The van der Waals surface area contributed by atoms with Crippen molar-refractivity contribution >= 4 is 11.8 Å². The molecule has 0 aliphatic carbocycles. The Labute approximate surface area is 121 Å². The van der Waals surface area contributed by atoms with Crippen LogP contribution in [0.25, 0.3) is 0 Å². The van der Waals surface area contributed by atoms with Crippen LogP contribution in [0.2, 0.25) is 0 Å². The van der Waals surface area contributed by atoms with Crippen LogP contribution in [0.15, 0.2) is 24.8 Å². The van der Waals surface area contributed by atoms with E-state index in [0.717, 1.165) is 12.8 Å². The fraction of sp³-hybridized carbons (Fsp3) is 0.625. The molecule has 1 aliphatic rings. The van der Waals surface area contributed by atoms with Crippen LogP contribution in [0.5, 0.6) is 0 Å². The Hall–Kier alpha value is -1.58. The first-order valence-corrected chi connectivity index (χ1v) is 6.94. The highest BCUT2D eigenvalue weighted by Crippen LogP contribution is 2.38. The van der Waals surface area contributed by atoms with E-state index in [1.807, 2.05) is 32.6 Å². The first-order valence-electron chi connectivity index (χ1n) is 6.94. The maximum absolute atomic E-state index is 12.1. The van der Waals surface area contributed by atoms with Gasteiger partial charge in [0.1, 0.15) is 0 Å². The molecule has 0 aromatic carbocycles. The van der Waals surface area contributed by atoms with Crippen molar-refractivity contribution in [3.05, 3.63) is 24.8 Å². The standard InChI is InChI=1S/C16H26N2O2/c1-8-13(19)18-15(4,5)9-12(10-16(18,6)7)17-14(20)11(2)3/h8,12H,1-2,9-10H2,3-7H3,(H,17,20). The number of hydrogen-bond donors (Lipinski definition) is 1. The molecule has 0 unspecified atom stereocenters. The van der Waals surface area contributed by atoms with Gasteiger partial charge in [0.2, 0.25) is 11.8 Å². The Morgan fingerprint density at radius 2 is 1.65 bits per heavy atom. The van der Waals surface area contributed by atoms with Gasteiger partial charge in [-0.25, -0.2) is 0 Å². The molecule has 4 heteroatoms. The number of piperidine rings is 1. The number of hydrogen-bond acceptors (Lipinski definition) is 2. The summed E-state index contributed by atoms with van der Waals surface area (Å²) in [5.41, 5.74) is -0.162. The van der Waals surface area contributed by atoms with Crippen LogP contribution >= 0.6 is 0 Å². The molecule has 0 bridgehead atoms. The second-order valence-electron chi connectivity index (χ2n) is 6.86. The Morgan fingerprint density at radius 3 is 2.00 bits per heavy atom. The lowest BCUT2D eigenvalue weighted by molar-refractivity contribution is -0.144. The lowest BCUT2D eigenvalue weighted by atomic mass is 9.76. The van der Waals surface area contributed by atoms with E-state index < -0.39 is 0 Å². The lowest BCUT2D eigenvalue weighted by Gasteiger charge is -2.55. The highest BCUT2D eigenvalue weighted by Gasteiger charge is 2.47. The summed E-state index contributed by atoms with van der Waals surface area (Å²) in [6.45, 7) is 17.0. The maximum Gasteiger partial charge on any atom is 0.246 e. The van der Waals surface area contributed by atoms with E-state index in [1.54, 1.807) is 6.92 Å². The minimum Gasteiger partial charge on any atom is -0.349 e. The van der Waals surface area contributed by atoms with Gasteiger partial charge in [0, 0.05) is 22.7 Å². The quantitative estimate of drug-likeness (QED) is 0.806. The summed E-state index contributed by atoms with van der Waals surface area (Å²) in [5.74, 6) is -0.185. The molecule has 2 amide bonds. The zero-order chi connectivity index (χ0) is 15.7. The summed E-state index contributed by atoms with van der Waals surface area (Å²) in [5, 5.41) is 3.00. The van der Waals surface area contributed by atoms with Gasteiger partial charge >= 0.3 is 0 Å². The van der Waals surface area contributed by atoms with Gasteiger partial charge in [0.25, 0.3) is 0 Å². The predicted molar refractivity (Wildman–Crippen MR) is 81.2 cm³/mol. The summed E-state index contributed by atoms with van der Waals surface area (Å²) in [6, 6.07) is 0.0399. The Kier molecular flexibility index (Phi) is 4.47. The van der Waals surface area contributed by atoms with E-state index in [1.165, 1.54) is 6.08 Å². The number of amides is 2. The van der Waals surface area contributed by atoms with Gasteiger partial charge in [-0.2, -0.15) is 0 Å². The zero-order valence-corrected chi connectivity index (χ0v) is 13.2. The minimum atomic E-state index is -0.333.